The van der Waals surface area contributed by atoms with Gasteiger partial charge in [-0.15, -0.1) is 5.10 Å². The maximum absolute atomic E-state index is 10.4. The molecule has 2 aliphatic heterocycles. The number of aliphatic hydroxyl groups is 2. The number of nitrogens with zero attached hydrogens (tertiary/aromatic N) is 4. The summed E-state index contributed by atoms with van der Waals surface area (Å²) in [5, 5.41) is 28.5. The number of ether oxygens (including phenoxy) is 2. The minimum absolute atomic E-state index is 0.0179. The molecule has 186 valence electrons. The second-order valence-corrected chi connectivity index (χ2v) is 10.2. The highest BCUT2D eigenvalue weighted by Crippen LogP contribution is 2.38. The van der Waals surface area contributed by atoms with E-state index in [0.717, 1.165) is 43.2 Å². The average molecular weight is 479 g/mol. The smallest absolute Gasteiger partial charge is 0.114 e. The molecule has 2 N–H and O–H groups in total. The molecule has 0 amide bonds. The van der Waals surface area contributed by atoms with Crippen LogP contribution in [-0.4, -0.2) is 61.2 Å². The highest BCUT2D eigenvalue weighted by atomic mass is 16.6. The van der Waals surface area contributed by atoms with Gasteiger partial charge in [-0.1, -0.05) is 35.5 Å². The van der Waals surface area contributed by atoms with E-state index in [9.17, 15) is 10.2 Å². The lowest BCUT2D eigenvalue weighted by atomic mass is 9.88. The molecule has 1 aromatic carbocycles. The molecular weight excluding hydrogens is 444 g/mol. The summed E-state index contributed by atoms with van der Waals surface area (Å²) in [6.07, 6.45) is 9.33. The molecule has 2 saturated heterocycles. The van der Waals surface area contributed by atoms with Crippen molar-refractivity contribution in [2.24, 2.45) is 0 Å². The Hall–Kier alpha value is -2.65. The van der Waals surface area contributed by atoms with Gasteiger partial charge in [0.05, 0.1) is 43.3 Å². The molecule has 2 aromatic heterocycles. The second kappa shape index (κ2) is 10.1. The lowest BCUT2D eigenvalue weighted by Crippen LogP contribution is -2.51. The van der Waals surface area contributed by atoms with E-state index in [1.165, 1.54) is 5.56 Å². The predicted octanol–water partition coefficient (Wildman–Crippen LogP) is 3.44. The third-order valence-electron chi connectivity index (χ3n) is 7.15. The van der Waals surface area contributed by atoms with E-state index in [0.29, 0.717) is 5.69 Å². The Bertz CT molecular complexity index is 1100. The van der Waals surface area contributed by atoms with Gasteiger partial charge in [-0.25, -0.2) is 4.68 Å². The quantitative estimate of drug-likeness (QED) is 0.536. The lowest BCUT2D eigenvalue weighted by Gasteiger charge is -2.45. The fourth-order valence-corrected chi connectivity index (χ4v) is 5.11. The number of hydrogen-bond donors (Lipinski definition) is 2. The van der Waals surface area contributed by atoms with Gasteiger partial charge < -0.3 is 19.7 Å². The van der Waals surface area contributed by atoms with Crippen LogP contribution in [0.3, 0.4) is 0 Å². The first-order valence-corrected chi connectivity index (χ1v) is 12.5. The zero-order chi connectivity index (χ0) is 24.4. The van der Waals surface area contributed by atoms with Gasteiger partial charge in [0.25, 0.3) is 0 Å². The Labute approximate surface area is 205 Å². The van der Waals surface area contributed by atoms with Crippen molar-refractivity contribution < 1.29 is 19.7 Å². The topological polar surface area (TPSA) is 103 Å². The van der Waals surface area contributed by atoms with Crippen molar-refractivity contribution >= 4 is 0 Å². The third kappa shape index (κ3) is 5.46. The summed E-state index contributed by atoms with van der Waals surface area (Å²) in [6.45, 7) is 3.44. The van der Waals surface area contributed by atoms with E-state index in [1.54, 1.807) is 20.0 Å². The van der Waals surface area contributed by atoms with Crippen LogP contribution in [0.1, 0.15) is 56.8 Å². The van der Waals surface area contributed by atoms with Gasteiger partial charge in [0.2, 0.25) is 0 Å². The largest absolute Gasteiger partial charge is 0.394 e. The van der Waals surface area contributed by atoms with Gasteiger partial charge in [0.15, 0.2) is 0 Å². The minimum Gasteiger partial charge on any atom is -0.394 e. The van der Waals surface area contributed by atoms with E-state index < -0.39 is 5.60 Å². The van der Waals surface area contributed by atoms with Gasteiger partial charge in [-0.2, -0.15) is 0 Å². The van der Waals surface area contributed by atoms with Crippen LogP contribution in [0.5, 0.6) is 0 Å². The summed E-state index contributed by atoms with van der Waals surface area (Å²) >= 11 is 0. The Morgan fingerprint density at radius 1 is 1.06 bits per heavy atom. The Morgan fingerprint density at radius 3 is 2.57 bits per heavy atom. The molecule has 8 heteroatoms. The number of aliphatic hydroxyl groups excluding tert-OH is 1. The Balaban J connectivity index is 1.32. The molecule has 0 spiro atoms. The highest BCUT2D eigenvalue weighted by Gasteiger charge is 2.43. The fourth-order valence-electron chi connectivity index (χ4n) is 5.11. The SMILES string of the molecule is CC(C)(O)c1cn([C@H]2C[C@@H]3O[C@@H](CO)CC[C@@H]3O[C@@H]2CCc2ccc(-c3cccnc3)cc2)nn1. The van der Waals surface area contributed by atoms with Crippen molar-refractivity contribution in [3.8, 4) is 11.1 Å². The van der Waals surface area contributed by atoms with Crippen molar-refractivity contribution in [3.63, 3.8) is 0 Å². The maximum Gasteiger partial charge on any atom is 0.114 e. The van der Waals surface area contributed by atoms with Crippen LogP contribution in [0.4, 0.5) is 0 Å². The molecule has 5 atom stereocenters. The second-order valence-electron chi connectivity index (χ2n) is 10.2. The molecule has 8 nitrogen and oxygen atoms in total. The minimum atomic E-state index is -1.06. The summed E-state index contributed by atoms with van der Waals surface area (Å²) in [4.78, 5) is 4.21. The number of rotatable bonds is 7. The number of benzene rings is 1. The van der Waals surface area contributed by atoms with Crippen molar-refractivity contribution in [1.82, 2.24) is 20.0 Å². The molecule has 0 saturated carbocycles. The molecule has 2 aliphatic rings. The van der Waals surface area contributed by atoms with Crippen molar-refractivity contribution in [2.75, 3.05) is 6.61 Å². The first-order chi connectivity index (χ1) is 16.9. The molecule has 0 unspecified atom stereocenters. The predicted molar refractivity (Wildman–Crippen MR) is 131 cm³/mol. The number of aromatic nitrogens is 4. The van der Waals surface area contributed by atoms with Crippen LogP contribution in [-0.2, 0) is 21.5 Å². The monoisotopic (exact) mass is 478 g/mol. The molecular formula is C27H34N4O4. The number of hydrogen-bond acceptors (Lipinski definition) is 7. The van der Waals surface area contributed by atoms with E-state index >= 15 is 0 Å². The summed E-state index contributed by atoms with van der Waals surface area (Å²) in [5.74, 6) is 0. The molecule has 35 heavy (non-hydrogen) atoms. The van der Waals surface area contributed by atoms with Gasteiger partial charge in [-0.05, 0) is 62.3 Å². The Kier molecular flexibility index (Phi) is 6.98. The summed E-state index contributed by atoms with van der Waals surface area (Å²) < 4.78 is 14.6. The van der Waals surface area contributed by atoms with Crippen LogP contribution in [0.2, 0.25) is 0 Å². The normalized spacial score (nSPS) is 26.9. The van der Waals surface area contributed by atoms with Gasteiger partial charge in [0, 0.05) is 18.8 Å². The number of pyridine rings is 1. The molecule has 0 radical (unpaired) electrons. The standard InChI is InChI=1S/C27H34N4O4/c1-27(2,33)26-16-31(30-29-26)22-14-25-24(12-10-21(17-32)34-25)35-23(22)11-7-18-5-8-19(9-6-18)20-4-3-13-28-15-20/h3-6,8-9,13,15-16,21-25,32-33H,7,10-12,14,17H2,1-2H3/t21-,22+,23-,24+,25+/m1/s1. The van der Waals surface area contributed by atoms with E-state index in [2.05, 4.69) is 45.6 Å². The maximum atomic E-state index is 10.4. The highest BCUT2D eigenvalue weighted by molar-refractivity contribution is 5.62. The van der Waals surface area contributed by atoms with Gasteiger partial charge in [0.1, 0.15) is 11.3 Å². The third-order valence-corrected chi connectivity index (χ3v) is 7.15. The van der Waals surface area contributed by atoms with Crippen LogP contribution in [0, 0.1) is 0 Å². The molecule has 3 aromatic rings. The van der Waals surface area contributed by atoms with Crippen LogP contribution < -0.4 is 0 Å². The zero-order valence-corrected chi connectivity index (χ0v) is 20.3. The average Bonchev–Trinajstić information content (AvgIpc) is 3.38. The first-order valence-electron chi connectivity index (χ1n) is 12.5. The summed E-state index contributed by atoms with van der Waals surface area (Å²) in [5.41, 5.74) is 2.97. The van der Waals surface area contributed by atoms with Crippen molar-refractivity contribution in [3.05, 3.63) is 66.2 Å². The zero-order valence-electron chi connectivity index (χ0n) is 20.3. The summed E-state index contributed by atoms with van der Waals surface area (Å²) in [7, 11) is 0. The van der Waals surface area contributed by atoms with Crippen molar-refractivity contribution in [2.45, 2.75) is 82.0 Å². The Morgan fingerprint density at radius 2 is 1.89 bits per heavy atom. The van der Waals surface area contributed by atoms with Crippen LogP contribution >= 0.6 is 0 Å². The van der Waals surface area contributed by atoms with Gasteiger partial charge in [-0.3, -0.25) is 4.98 Å². The van der Waals surface area contributed by atoms with Gasteiger partial charge >= 0.3 is 0 Å². The van der Waals surface area contributed by atoms with E-state index in [-0.39, 0.29) is 37.1 Å². The molecule has 0 bridgehead atoms. The first kappa shape index (κ1) is 24.1. The molecule has 2 fully saturated rings. The molecule has 4 heterocycles. The van der Waals surface area contributed by atoms with Crippen molar-refractivity contribution in [1.29, 1.82) is 0 Å². The van der Waals surface area contributed by atoms with E-state index in [1.807, 2.05) is 23.1 Å². The van der Waals surface area contributed by atoms with E-state index in [4.69, 9.17) is 9.47 Å². The number of fused-ring (bicyclic) bond motifs is 1. The van der Waals surface area contributed by atoms with Crippen LogP contribution in [0.15, 0.2) is 55.0 Å². The summed E-state index contributed by atoms with van der Waals surface area (Å²) in [6, 6.07) is 12.6. The number of aryl methyl sites for hydroxylation is 1. The molecule has 5 rings (SSSR count). The fraction of sp³-hybridized carbons (Fsp3) is 0.519. The van der Waals surface area contributed by atoms with Crippen LogP contribution in [0.25, 0.3) is 11.1 Å². The lowest BCUT2D eigenvalue weighted by molar-refractivity contribution is -0.209. The molecule has 0 aliphatic carbocycles.